The second kappa shape index (κ2) is 9.25. The molecular formula is C20H27N3O4S. The fourth-order valence-corrected chi connectivity index (χ4v) is 4.58. The number of furan rings is 1. The van der Waals surface area contributed by atoms with Crippen molar-refractivity contribution < 1.29 is 17.6 Å². The molecule has 1 fully saturated rings. The van der Waals surface area contributed by atoms with Crippen LogP contribution in [0, 0.1) is 0 Å². The number of likely N-dealkylation sites (tertiary alicyclic amines) is 1. The molecule has 0 unspecified atom stereocenters. The van der Waals surface area contributed by atoms with Gasteiger partial charge in [0.05, 0.1) is 18.1 Å². The Balaban J connectivity index is 1.66. The number of carbonyl (C=O) groups is 1. The fraction of sp³-hybridized carbons (Fsp3) is 0.450. The number of amides is 1. The van der Waals surface area contributed by atoms with Crippen LogP contribution in [0.5, 0.6) is 0 Å². The molecule has 8 heteroatoms. The Bertz CT molecular complexity index is 875. The van der Waals surface area contributed by atoms with E-state index < -0.39 is 10.0 Å². The first-order valence-electron chi connectivity index (χ1n) is 9.65. The van der Waals surface area contributed by atoms with Crippen molar-refractivity contribution in [3.63, 3.8) is 0 Å². The van der Waals surface area contributed by atoms with Gasteiger partial charge in [0.1, 0.15) is 5.76 Å². The topological polar surface area (TPSA) is 91.6 Å². The van der Waals surface area contributed by atoms with Crippen LogP contribution < -0.4 is 10.0 Å². The van der Waals surface area contributed by atoms with Crippen molar-refractivity contribution >= 4 is 21.6 Å². The number of anilines is 1. The minimum Gasteiger partial charge on any atom is -0.468 e. The third-order valence-corrected chi connectivity index (χ3v) is 6.27. The molecule has 28 heavy (non-hydrogen) atoms. The average molecular weight is 406 g/mol. The van der Waals surface area contributed by atoms with Gasteiger partial charge in [0.2, 0.25) is 10.0 Å². The third kappa shape index (κ3) is 5.36. The third-order valence-electron chi connectivity index (χ3n) is 4.78. The van der Waals surface area contributed by atoms with E-state index in [1.165, 1.54) is 0 Å². The summed E-state index contributed by atoms with van der Waals surface area (Å²) in [5.74, 6) is 0.639. The largest absolute Gasteiger partial charge is 0.468 e. The van der Waals surface area contributed by atoms with Crippen molar-refractivity contribution in [2.75, 3.05) is 30.1 Å². The molecule has 1 aliphatic heterocycles. The highest BCUT2D eigenvalue weighted by Gasteiger charge is 2.26. The van der Waals surface area contributed by atoms with Crippen LogP contribution in [0.3, 0.4) is 0 Å². The van der Waals surface area contributed by atoms with Crippen molar-refractivity contribution in [2.24, 2.45) is 0 Å². The maximum Gasteiger partial charge on any atom is 0.251 e. The number of nitrogens with zero attached hydrogens (tertiary/aromatic N) is 1. The van der Waals surface area contributed by atoms with Gasteiger partial charge < -0.3 is 9.73 Å². The van der Waals surface area contributed by atoms with Crippen LogP contribution >= 0.6 is 0 Å². The van der Waals surface area contributed by atoms with Crippen LogP contribution in [0.1, 0.15) is 48.3 Å². The molecule has 0 aliphatic carbocycles. The van der Waals surface area contributed by atoms with Crippen molar-refractivity contribution in [3.05, 3.63) is 54.0 Å². The zero-order valence-electron chi connectivity index (χ0n) is 16.1. The predicted octanol–water partition coefficient (Wildman–Crippen LogP) is 3.00. The van der Waals surface area contributed by atoms with Gasteiger partial charge in [-0.15, -0.1) is 0 Å². The highest BCUT2D eigenvalue weighted by atomic mass is 32.2. The summed E-state index contributed by atoms with van der Waals surface area (Å²) in [6.07, 6.45) is 4.46. The van der Waals surface area contributed by atoms with Gasteiger partial charge >= 0.3 is 0 Å². The standard InChI is InChI=1S/C20H27N3O4S/c1-2-13-28(25,26)22-17-8-5-7-16(14-17)20(24)21-15-18(19-9-6-12-27-19)23-10-3-4-11-23/h5-9,12,14,18,22H,2-4,10-11,13,15H2,1H3,(H,21,24)/t18-/m1/s1. The molecule has 3 rings (SSSR count). The van der Waals surface area contributed by atoms with E-state index in [4.69, 9.17) is 4.42 Å². The molecule has 1 aromatic heterocycles. The lowest BCUT2D eigenvalue weighted by Crippen LogP contribution is -2.36. The Morgan fingerprint density at radius 3 is 2.68 bits per heavy atom. The van der Waals surface area contributed by atoms with Crippen molar-refractivity contribution in [1.82, 2.24) is 10.2 Å². The Morgan fingerprint density at radius 2 is 2.00 bits per heavy atom. The number of hydrogen-bond acceptors (Lipinski definition) is 5. The smallest absolute Gasteiger partial charge is 0.251 e. The molecule has 2 aromatic rings. The van der Waals surface area contributed by atoms with Crippen LogP contribution in [-0.2, 0) is 10.0 Å². The van der Waals surface area contributed by atoms with Crippen LogP contribution in [-0.4, -0.2) is 44.6 Å². The number of carbonyl (C=O) groups excluding carboxylic acids is 1. The van der Waals surface area contributed by atoms with E-state index in [0.29, 0.717) is 24.2 Å². The quantitative estimate of drug-likeness (QED) is 0.669. The molecular weight excluding hydrogens is 378 g/mol. The second-order valence-corrected chi connectivity index (χ2v) is 8.83. The van der Waals surface area contributed by atoms with Crippen LogP contribution in [0.15, 0.2) is 47.1 Å². The second-order valence-electron chi connectivity index (χ2n) is 6.99. The van der Waals surface area contributed by atoms with Gasteiger partial charge in [-0.25, -0.2) is 8.42 Å². The minimum atomic E-state index is -3.39. The Hall–Kier alpha value is -2.32. The number of benzene rings is 1. The molecule has 2 N–H and O–H groups in total. The number of nitrogens with one attached hydrogen (secondary N) is 2. The highest BCUT2D eigenvalue weighted by molar-refractivity contribution is 7.92. The van der Waals surface area contributed by atoms with Gasteiger partial charge in [0.15, 0.2) is 0 Å². The van der Waals surface area contributed by atoms with E-state index in [1.54, 1.807) is 37.5 Å². The average Bonchev–Trinajstić information content (AvgIpc) is 3.36. The van der Waals surface area contributed by atoms with E-state index in [2.05, 4.69) is 14.9 Å². The highest BCUT2D eigenvalue weighted by Crippen LogP contribution is 2.25. The first-order valence-corrected chi connectivity index (χ1v) is 11.3. The molecule has 1 aromatic carbocycles. The molecule has 0 spiro atoms. The zero-order valence-corrected chi connectivity index (χ0v) is 16.9. The number of rotatable bonds is 9. The molecule has 7 nitrogen and oxygen atoms in total. The van der Waals surface area contributed by atoms with Gasteiger partial charge in [-0.05, 0) is 62.7 Å². The van der Waals surface area contributed by atoms with Crippen molar-refractivity contribution in [3.8, 4) is 0 Å². The molecule has 2 heterocycles. The molecule has 1 saturated heterocycles. The molecule has 0 radical (unpaired) electrons. The van der Waals surface area contributed by atoms with Crippen LogP contribution in [0.2, 0.25) is 0 Å². The summed E-state index contributed by atoms with van der Waals surface area (Å²) >= 11 is 0. The lowest BCUT2D eigenvalue weighted by Gasteiger charge is -2.26. The van der Waals surface area contributed by atoms with E-state index in [1.807, 2.05) is 12.1 Å². The summed E-state index contributed by atoms with van der Waals surface area (Å²) in [5, 5.41) is 2.96. The molecule has 1 amide bonds. The molecule has 0 saturated carbocycles. The minimum absolute atomic E-state index is 0.00677. The predicted molar refractivity (Wildman–Crippen MR) is 109 cm³/mol. The molecule has 0 bridgehead atoms. The maximum absolute atomic E-state index is 12.6. The molecule has 152 valence electrons. The summed E-state index contributed by atoms with van der Waals surface area (Å²) in [7, 11) is -3.39. The summed E-state index contributed by atoms with van der Waals surface area (Å²) in [6, 6.07) is 10.3. The van der Waals surface area contributed by atoms with Crippen LogP contribution in [0.25, 0.3) is 0 Å². The Labute approximate surface area is 166 Å². The van der Waals surface area contributed by atoms with Crippen LogP contribution in [0.4, 0.5) is 5.69 Å². The van der Waals surface area contributed by atoms with Crippen molar-refractivity contribution in [1.29, 1.82) is 0 Å². The number of hydrogen-bond donors (Lipinski definition) is 2. The van der Waals surface area contributed by atoms with E-state index >= 15 is 0 Å². The summed E-state index contributed by atoms with van der Waals surface area (Å²) in [6.45, 7) is 4.20. The fourth-order valence-electron chi connectivity index (χ4n) is 3.46. The first-order chi connectivity index (χ1) is 13.5. The Kier molecular flexibility index (Phi) is 6.74. The van der Waals surface area contributed by atoms with Crippen molar-refractivity contribution in [2.45, 2.75) is 32.2 Å². The molecule has 1 aliphatic rings. The summed E-state index contributed by atoms with van der Waals surface area (Å²) in [4.78, 5) is 15.0. The van der Waals surface area contributed by atoms with Gasteiger partial charge in [0, 0.05) is 17.8 Å². The zero-order chi connectivity index (χ0) is 20.0. The lowest BCUT2D eigenvalue weighted by molar-refractivity contribution is 0.0934. The SMILES string of the molecule is CCCS(=O)(=O)Nc1cccc(C(=O)NC[C@H](c2ccco2)N2CCCC2)c1. The van der Waals surface area contributed by atoms with E-state index in [-0.39, 0.29) is 17.7 Å². The Morgan fingerprint density at radius 1 is 1.21 bits per heavy atom. The lowest BCUT2D eigenvalue weighted by atomic mass is 10.1. The van der Waals surface area contributed by atoms with Gasteiger partial charge in [0.25, 0.3) is 5.91 Å². The summed E-state index contributed by atoms with van der Waals surface area (Å²) < 4.78 is 32.0. The van der Waals surface area contributed by atoms with Gasteiger partial charge in [-0.1, -0.05) is 13.0 Å². The molecule has 1 atom stereocenters. The normalized spacial score (nSPS) is 16.0. The van der Waals surface area contributed by atoms with Gasteiger partial charge in [-0.2, -0.15) is 0 Å². The monoisotopic (exact) mass is 405 g/mol. The first kappa shape index (κ1) is 20.4. The van der Waals surface area contributed by atoms with E-state index in [0.717, 1.165) is 31.7 Å². The van der Waals surface area contributed by atoms with E-state index in [9.17, 15) is 13.2 Å². The maximum atomic E-state index is 12.6. The summed E-state index contributed by atoms with van der Waals surface area (Å²) in [5.41, 5.74) is 0.805. The number of sulfonamides is 1. The van der Waals surface area contributed by atoms with Gasteiger partial charge in [-0.3, -0.25) is 14.4 Å².